The summed E-state index contributed by atoms with van der Waals surface area (Å²) in [6.07, 6.45) is -5.06. The van der Waals surface area contributed by atoms with Crippen LogP contribution >= 0.6 is 0 Å². The third-order valence-corrected chi connectivity index (χ3v) is 3.05. The van der Waals surface area contributed by atoms with Crippen LogP contribution in [0, 0.1) is 0 Å². The van der Waals surface area contributed by atoms with E-state index >= 15 is 0 Å². The molecule has 1 aromatic carbocycles. The molecular formula is C11H7F3O3. The van der Waals surface area contributed by atoms with Crippen LogP contribution in [0.5, 0.6) is 5.75 Å². The molecule has 0 radical (unpaired) electrons. The monoisotopic (exact) mass is 244 g/mol. The van der Waals surface area contributed by atoms with Gasteiger partial charge in [-0.2, -0.15) is 13.2 Å². The maximum atomic E-state index is 13.0. The van der Waals surface area contributed by atoms with Gasteiger partial charge in [0.2, 0.25) is 0 Å². The van der Waals surface area contributed by atoms with E-state index in [0.717, 1.165) is 0 Å². The zero-order chi connectivity index (χ0) is 12.3. The van der Waals surface area contributed by atoms with Crippen LogP contribution in [0.2, 0.25) is 0 Å². The van der Waals surface area contributed by atoms with Gasteiger partial charge in [0.05, 0.1) is 12.3 Å². The molecule has 0 unspecified atom stereocenters. The predicted octanol–water partition coefficient (Wildman–Crippen LogP) is 2.37. The Balaban J connectivity index is 2.15. The van der Waals surface area contributed by atoms with E-state index in [1.165, 1.54) is 12.1 Å². The summed E-state index contributed by atoms with van der Waals surface area (Å²) >= 11 is 0. The van der Waals surface area contributed by atoms with Crippen LogP contribution in [0.3, 0.4) is 0 Å². The molecule has 6 heteroatoms. The molecule has 0 saturated carbocycles. The number of hydrogen-bond donors (Lipinski definition) is 0. The van der Waals surface area contributed by atoms with Crippen LogP contribution in [0.25, 0.3) is 0 Å². The fourth-order valence-corrected chi connectivity index (χ4v) is 2.33. The number of carbonyl (C=O) groups excluding carboxylic acids is 1. The molecule has 2 atom stereocenters. The molecular weight excluding hydrogens is 237 g/mol. The zero-order valence-corrected chi connectivity index (χ0v) is 8.45. The fraction of sp³-hybridized carbons (Fsp3) is 0.364. The van der Waals surface area contributed by atoms with Crippen LogP contribution in [0.1, 0.15) is 17.9 Å². The zero-order valence-electron chi connectivity index (χ0n) is 8.45. The van der Waals surface area contributed by atoms with Gasteiger partial charge in [0.25, 0.3) is 0 Å². The highest BCUT2D eigenvalue weighted by Gasteiger charge is 2.72. The summed E-state index contributed by atoms with van der Waals surface area (Å²) in [5.74, 6) is -4.69. The number of fused-ring (bicyclic) bond motifs is 3. The van der Waals surface area contributed by atoms with Crippen molar-refractivity contribution in [2.24, 2.45) is 0 Å². The first-order valence-corrected chi connectivity index (χ1v) is 5.00. The van der Waals surface area contributed by atoms with E-state index in [4.69, 9.17) is 4.74 Å². The van der Waals surface area contributed by atoms with E-state index < -0.39 is 23.9 Å². The highest BCUT2D eigenvalue weighted by Crippen LogP contribution is 2.57. The van der Waals surface area contributed by atoms with Crippen molar-refractivity contribution in [3.63, 3.8) is 0 Å². The molecule has 0 N–H and O–H groups in total. The van der Waals surface area contributed by atoms with Gasteiger partial charge in [-0.15, -0.1) is 0 Å². The Labute approximate surface area is 94.1 Å². The van der Waals surface area contributed by atoms with Crippen LogP contribution in [0.15, 0.2) is 24.3 Å². The third-order valence-electron chi connectivity index (χ3n) is 3.05. The Morgan fingerprint density at radius 3 is 2.65 bits per heavy atom. The lowest BCUT2D eigenvalue weighted by Crippen LogP contribution is -2.51. The molecule has 3 rings (SSSR count). The molecule has 0 amide bonds. The second kappa shape index (κ2) is 2.94. The van der Waals surface area contributed by atoms with Gasteiger partial charge in [0.1, 0.15) is 5.75 Å². The number of para-hydroxylation sites is 1. The predicted molar refractivity (Wildman–Crippen MR) is 49.3 cm³/mol. The lowest BCUT2D eigenvalue weighted by atomic mass is 9.91. The molecule has 90 valence electrons. The average Bonchev–Trinajstić information content (AvgIpc) is 2.69. The summed E-state index contributed by atoms with van der Waals surface area (Å²) < 4.78 is 48.4. The first kappa shape index (κ1) is 10.4. The summed E-state index contributed by atoms with van der Waals surface area (Å²) in [5, 5.41) is 0. The van der Waals surface area contributed by atoms with Gasteiger partial charge in [-0.1, -0.05) is 18.2 Å². The quantitative estimate of drug-likeness (QED) is 0.657. The van der Waals surface area contributed by atoms with Crippen LogP contribution in [-0.2, 0) is 9.53 Å². The van der Waals surface area contributed by atoms with Crippen molar-refractivity contribution >= 4 is 5.97 Å². The first-order valence-electron chi connectivity index (χ1n) is 5.00. The van der Waals surface area contributed by atoms with Crippen LogP contribution in [-0.4, -0.2) is 17.9 Å². The summed E-state index contributed by atoms with van der Waals surface area (Å²) in [6.45, 7) is 0. The fourth-order valence-electron chi connectivity index (χ4n) is 2.33. The Morgan fingerprint density at radius 2 is 1.94 bits per heavy atom. The van der Waals surface area contributed by atoms with E-state index in [1.54, 1.807) is 12.1 Å². The average molecular weight is 244 g/mol. The molecule has 2 heterocycles. The van der Waals surface area contributed by atoms with Crippen molar-refractivity contribution in [2.45, 2.75) is 24.3 Å². The molecule has 3 nitrogen and oxygen atoms in total. The lowest BCUT2D eigenvalue weighted by Gasteiger charge is -2.28. The summed E-state index contributed by atoms with van der Waals surface area (Å²) in [6, 6.07) is 6.15. The number of halogens is 3. The first-order chi connectivity index (χ1) is 7.94. The van der Waals surface area contributed by atoms with Crippen molar-refractivity contribution in [1.29, 1.82) is 0 Å². The molecule has 1 saturated heterocycles. The second-order valence-electron chi connectivity index (χ2n) is 4.04. The number of alkyl halides is 3. The second-order valence-corrected chi connectivity index (χ2v) is 4.04. The van der Waals surface area contributed by atoms with E-state index in [-0.39, 0.29) is 12.2 Å². The van der Waals surface area contributed by atoms with E-state index in [9.17, 15) is 18.0 Å². The molecule has 2 aliphatic rings. The molecule has 0 spiro atoms. The minimum Gasteiger partial charge on any atom is -0.444 e. The molecule has 0 bridgehead atoms. The summed E-state index contributed by atoms with van der Waals surface area (Å²) in [4.78, 5) is 11.1. The van der Waals surface area contributed by atoms with Crippen molar-refractivity contribution in [3.8, 4) is 5.75 Å². The Bertz CT molecular complexity index is 497. The van der Waals surface area contributed by atoms with Crippen LogP contribution < -0.4 is 4.74 Å². The minimum atomic E-state index is -4.75. The van der Waals surface area contributed by atoms with E-state index in [2.05, 4.69) is 4.74 Å². The number of esters is 1. The highest BCUT2D eigenvalue weighted by molar-refractivity contribution is 5.75. The van der Waals surface area contributed by atoms with Gasteiger partial charge in [0.15, 0.2) is 0 Å². The Morgan fingerprint density at radius 1 is 1.24 bits per heavy atom. The topological polar surface area (TPSA) is 35.5 Å². The lowest BCUT2D eigenvalue weighted by molar-refractivity contribution is -0.327. The van der Waals surface area contributed by atoms with Crippen molar-refractivity contribution < 1.29 is 27.4 Å². The van der Waals surface area contributed by atoms with Crippen LogP contribution in [0.4, 0.5) is 13.2 Å². The Hall–Kier alpha value is -1.72. The number of benzene rings is 1. The van der Waals surface area contributed by atoms with Crippen molar-refractivity contribution in [2.75, 3.05) is 0 Å². The van der Waals surface area contributed by atoms with E-state index in [1.807, 2.05) is 0 Å². The molecule has 17 heavy (non-hydrogen) atoms. The van der Waals surface area contributed by atoms with Crippen molar-refractivity contribution in [3.05, 3.63) is 29.8 Å². The Kier molecular flexibility index (Phi) is 1.80. The normalized spacial score (nSPS) is 30.5. The van der Waals surface area contributed by atoms with E-state index in [0.29, 0.717) is 5.56 Å². The highest BCUT2D eigenvalue weighted by atomic mass is 19.4. The molecule has 1 aromatic rings. The molecule has 0 aromatic heterocycles. The van der Waals surface area contributed by atoms with Gasteiger partial charge in [-0.05, 0) is 6.07 Å². The number of ether oxygens (including phenoxy) is 2. The molecule has 1 fully saturated rings. The maximum absolute atomic E-state index is 13.0. The summed E-state index contributed by atoms with van der Waals surface area (Å²) in [7, 11) is 0. The largest absolute Gasteiger partial charge is 0.468 e. The summed E-state index contributed by atoms with van der Waals surface area (Å²) in [5.41, 5.74) is 0.371. The minimum absolute atomic E-state index is 0.127. The van der Waals surface area contributed by atoms with Gasteiger partial charge < -0.3 is 9.47 Å². The molecule has 2 aliphatic heterocycles. The number of hydrogen-bond acceptors (Lipinski definition) is 3. The standard InChI is InChI=1S/C11H7F3O3/c12-11(13,14)10-7(5-9(15)17-10)6-3-1-2-4-8(6)16-10/h1-4,7H,5H2/t7-,10+/m0/s1. The smallest absolute Gasteiger partial charge is 0.444 e. The number of rotatable bonds is 0. The SMILES string of the molecule is O=C1C[C@H]2c3ccccc3O[C@@]2(C(F)(F)F)O1. The number of carbonyl (C=O) groups is 1. The van der Waals surface area contributed by atoms with Crippen molar-refractivity contribution in [1.82, 2.24) is 0 Å². The van der Waals surface area contributed by atoms with Gasteiger partial charge in [0, 0.05) is 5.56 Å². The maximum Gasteiger partial charge on any atom is 0.468 e. The molecule has 0 aliphatic carbocycles. The van der Waals surface area contributed by atoms with Gasteiger partial charge >= 0.3 is 17.9 Å². The third kappa shape index (κ3) is 1.20. The van der Waals surface area contributed by atoms with Gasteiger partial charge in [-0.3, -0.25) is 4.79 Å². The van der Waals surface area contributed by atoms with Gasteiger partial charge in [-0.25, -0.2) is 0 Å².